The molecule has 0 saturated carbocycles. The Hall–Kier alpha value is -2.67. The molecule has 2 aromatic carbocycles. The lowest BCUT2D eigenvalue weighted by atomic mass is 9.95. The predicted octanol–water partition coefficient (Wildman–Crippen LogP) is 4.59. The summed E-state index contributed by atoms with van der Waals surface area (Å²) in [5.41, 5.74) is 3.58. The van der Waals surface area contributed by atoms with Gasteiger partial charge in [0, 0.05) is 46.6 Å². The molecule has 7 heteroatoms. The Morgan fingerprint density at radius 1 is 1.19 bits per heavy atom. The smallest absolute Gasteiger partial charge is 0.254 e. The van der Waals surface area contributed by atoms with Gasteiger partial charge in [0.1, 0.15) is 5.82 Å². The van der Waals surface area contributed by atoms with Crippen LogP contribution in [0.25, 0.3) is 10.9 Å². The number of aromatic nitrogens is 1. The Morgan fingerprint density at radius 3 is 2.68 bits per heavy atom. The number of piperidine rings is 1. The maximum Gasteiger partial charge on any atom is 0.254 e. The standard InChI is InChI=1S/C24H25BrFN3O2/c1-15-18(20-14-17(26)6-7-22(20)28-15)8-11-27-23(30)16-9-12-29(13-10-16)24(31)19-4-2-3-5-21(19)25/h2-7,14,16,28H,8-13H2,1H3,(H,27,30). The summed E-state index contributed by atoms with van der Waals surface area (Å²) in [5, 5.41) is 3.89. The molecule has 1 saturated heterocycles. The number of nitrogens with zero attached hydrogens (tertiary/aromatic N) is 1. The number of carbonyl (C=O) groups is 2. The van der Waals surface area contributed by atoms with E-state index in [4.69, 9.17) is 0 Å². The lowest BCUT2D eigenvalue weighted by Crippen LogP contribution is -2.43. The molecular formula is C24H25BrFN3O2. The highest BCUT2D eigenvalue weighted by Crippen LogP contribution is 2.24. The van der Waals surface area contributed by atoms with Gasteiger partial charge in [-0.2, -0.15) is 0 Å². The molecule has 0 atom stereocenters. The minimum Gasteiger partial charge on any atom is -0.358 e. The van der Waals surface area contributed by atoms with E-state index in [1.807, 2.05) is 36.1 Å². The maximum absolute atomic E-state index is 13.6. The Labute approximate surface area is 189 Å². The number of halogens is 2. The van der Waals surface area contributed by atoms with Crippen LogP contribution >= 0.6 is 15.9 Å². The van der Waals surface area contributed by atoms with Crippen LogP contribution in [0.4, 0.5) is 4.39 Å². The largest absolute Gasteiger partial charge is 0.358 e. The number of rotatable bonds is 5. The first kappa shape index (κ1) is 21.6. The number of likely N-dealkylation sites (tertiary alicyclic amines) is 1. The molecule has 1 aromatic heterocycles. The van der Waals surface area contributed by atoms with E-state index in [-0.39, 0.29) is 23.5 Å². The number of benzene rings is 2. The number of fused-ring (bicyclic) bond motifs is 1. The van der Waals surface area contributed by atoms with Crippen molar-refractivity contribution in [1.29, 1.82) is 0 Å². The van der Waals surface area contributed by atoms with Gasteiger partial charge >= 0.3 is 0 Å². The number of H-pyrrole nitrogens is 1. The first-order valence-electron chi connectivity index (χ1n) is 10.5. The van der Waals surface area contributed by atoms with Crippen LogP contribution in [0.3, 0.4) is 0 Å². The lowest BCUT2D eigenvalue weighted by Gasteiger charge is -2.31. The van der Waals surface area contributed by atoms with Crippen molar-refractivity contribution in [3.63, 3.8) is 0 Å². The highest BCUT2D eigenvalue weighted by Gasteiger charge is 2.28. The van der Waals surface area contributed by atoms with Gasteiger partial charge in [-0.25, -0.2) is 4.39 Å². The van der Waals surface area contributed by atoms with Crippen molar-refractivity contribution in [2.75, 3.05) is 19.6 Å². The molecule has 5 nitrogen and oxygen atoms in total. The van der Waals surface area contributed by atoms with Crippen LogP contribution in [0.2, 0.25) is 0 Å². The number of carbonyl (C=O) groups excluding carboxylic acids is 2. The van der Waals surface area contributed by atoms with Crippen molar-refractivity contribution in [3.05, 3.63) is 69.6 Å². The second-order valence-electron chi connectivity index (χ2n) is 8.01. The van der Waals surface area contributed by atoms with Crippen LogP contribution in [0.5, 0.6) is 0 Å². The van der Waals surface area contributed by atoms with Gasteiger partial charge in [-0.3, -0.25) is 9.59 Å². The number of hydrogen-bond acceptors (Lipinski definition) is 2. The molecule has 4 rings (SSSR count). The van der Waals surface area contributed by atoms with Gasteiger partial charge in [0.15, 0.2) is 0 Å². The molecule has 1 aliphatic rings. The molecule has 0 unspecified atom stereocenters. The van der Waals surface area contributed by atoms with E-state index in [9.17, 15) is 14.0 Å². The number of aromatic amines is 1. The Bertz CT molecular complexity index is 1120. The zero-order chi connectivity index (χ0) is 22.0. The van der Waals surface area contributed by atoms with E-state index in [1.54, 1.807) is 6.07 Å². The molecule has 0 bridgehead atoms. The van der Waals surface area contributed by atoms with Crippen molar-refractivity contribution in [2.45, 2.75) is 26.2 Å². The summed E-state index contributed by atoms with van der Waals surface area (Å²) < 4.78 is 14.4. The number of hydrogen-bond donors (Lipinski definition) is 2. The summed E-state index contributed by atoms with van der Waals surface area (Å²) in [7, 11) is 0. The third kappa shape index (κ3) is 4.66. The van der Waals surface area contributed by atoms with Gasteiger partial charge in [-0.1, -0.05) is 12.1 Å². The second-order valence-corrected chi connectivity index (χ2v) is 8.86. The molecule has 1 aliphatic heterocycles. The van der Waals surface area contributed by atoms with Gasteiger partial charge in [0.05, 0.1) is 5.56 Å². The molecule has 3 aromatic rings. The van der Waals surface area contributed by atoms with E-state index < -0.39 is 0 Å². The number of nitrogens with one attached hydrogen (secondary N) is 2. The fourth-order valence-corrected chi connectivity index (χ4v) is 4.74. The molecule has 0 aliphatic carbocycles. The minimum atomic E-state index is -0.263. The predicted molar refractivity (Wildman–Crippen MR) is 122 cm³/mol. The quantitative estimate of drug-likeness (QED) is 0.554. The average molecular weight is 486 g/mol. The average Bonchev–Trinajstić information content (AvgIpc) is 3.08. The van der Waals surface area contributed by atoms with Crippen molar-refractivity contribution in [1.82, 2.24) is 15.2 Å². The summed E-state index contributed by atoms with van der Waals surface area (Å²) in [4.78, 5) is 30.5. The summed E-state index contributed by atoms with van der Waals surface area (Å²) in [6.45, 7) is 3.60. The maximum atomic E-state index is 13.6. The van der Waals surface area contributed by atoms with Gasteiger partial charge in [0.25, 0.3) is 5.91 Å². The van der Waals surface area contributed by atoms with E-state index in [1.165, 1.54) is 12.1 Å². The Balaban J connectivity index is 1.29. The highest BCUT2D eigenvalue weighted by atomic mass is 79.9. The molecule has 0 radical (unpaired) electrons. The van der Waals surface area contributed by atoms with Gasteiger partial charge in [-0.15, -0.1) is 0 Å². The summed E-state index contributed by atoms with van der Waals surface area (Å²) in [6, 6.07) is 12.1. The number of amides is 2. The lowest BCUT2D eigenvalue weighted by molar-refractivity contribution is -0.126. The van der Waals surface area contributed by atoms with Crippen LogP contribution in [0.15, 0.2) is 46.9 Å². The van der Waals surface area contributed by atoms with Crippen LogP contribution in [-0.4, -0.2) is 41.3 Å². The molecule has 31 heavy (non-hydrogen) atoms. The zero-order valence-corrected chi connectivity index (χ0v) is 19.0. The van der Waals surface area contributed by atoms with Crippen LogP contribution < -0.4 is 5.32 Å². The Morgan fingerprint density at radius 2 is 1.94 bits per heavy atom. The van der Waals surface area contributed by atoms with E-state index >= 15 is 0 Å². The summed E-state index contributed by atoms with van der Waals surface area (Å²) >= 11 is 3.43. The first-order valence-corrected chi connectivity index (χ1v) is 11.3. The highest BCUT2D eigenvalue weighted by molar-refractivity contribution is 9.10. The molecule has 1 fully saturated rings. The summed E-state index contributed by atoms with van der Waals surface area (Å²) in [6.07, 6.45) is 1.94. The van der Waals surface area contributed by atoms with Crippen molar-refractivity contribution in [3.8, 4) is 0 Å². The third-order valence-corrected chi connectivity index (χ3v) is 6.70. The van der Waals surface area contributed by atoms with Crippen LogP contribution in [0.1, 0.15) is 34.5 Å². The molecule has 2 heterocycles. The van der Waals surface area contributed by atoms with Gasteiger partial charge < -0.3 is 15.2 Å². The Kier molecular flexibility index (Phi) is 6.41. The fraction of sp³-hybridized carbons (Fsp3) is 0.333. The molecular weight excluding hydrogens is 461 g/mol. The zero-order valence-electron chi connectivity index (χ0n) is 17.4. The molecule has 162 valence electrons. The second kappa shape index (κ2) is 9.22. The monoisotopic (exact) mass is 485 g/mol. The minimum absolute atomic E-state index is 0.00613. The van der Waals surface area contributed by atoms with Crippen molar-refractivity contribution >= 4 is 38.6 Å². The van der Waals surface area contributed by atoms with E-state index in [0.717, 1.165) is 26.6 Å². The topological polar surface area (TPSA) is 65.2 Å². The van der Waals surface area contributed by atoms with E-state index in [0.29, 0.717) is 44.5 Å². The third-order valence-electron chi connectivity index (χ3n) is 6.01. The van der Waals surface area contributed by atoms with Gasteiger partial charge in [0.2, 0.25) is 5.91 Å². The SMILES string of the molecule is Cc1[nH]c2ccc(F)cc2c1CCNC(=O)C1CCN(C(=O)c2ccccc2Br)CC1. The first-order chi connectivity index (χ1) is 14.9. The van der Waals surface area contributed by atoms with Crippen LogP contribution in [0, 0.1) is 18.7 Å². The number of aryl methyl sites for hydroxylation is 1. The normalized spacial score (nSPS) is 14.7. The summed E-state index contributed by atoms with van der Waals surface area (Å²) in [5.74, 6) is -0.338. The van der Waals surface area contributed by atoms with E-state index in [2.05, 4.69) is 26.2 Å². The van der Waals surface area contributed by atoms with Gasteiger partial charge in [-0.05, 0) is 78.0 Å². The fourth-order valence-electron chi connectivity index (χ4n) is 4.28. The van der Waals surface area contributed by atoms with Crippen LogP contribution in [-0.2, 0) is 11.2 Å². The van der Waals surface area contributed by atoms with Crippen molar-refractivity contribution < 1.29 is 14.0 Å². The molecule has 2 amide bonds. The molecule has 0 spiro atoms. The van der Waals surface area contributed by atoms with Crippen molar-refractivity contribution in [2.24, 2.45) is 5.92 Å². The molecule has 2 N–H and O–H groups in total.